The summed E-state index contributed by atoms with van der Waals surface area (Å²) in [6, 6.07) is 16.8. The van der Waals surface area contributed by atoms with E-state index >= 15 is 0 Å². The minimum absolute atomic E-state index is 0.0337. The van der Waals surface area contributed by atoms with Crippen molar-refractivity contribution in [3.05, 3.63) is 96.1 Å². The summed E-state index contributed by atoms with van der Waals surface area (Å²) in [4.78, 5) is 17.8. The molecule has 0 atom stereocenters. The Morgan fingerprint density at radius 2 is 1.71 bits per heavy atom. The van der Waals surface area contributed by atoms with E-state index in [0.717, 1.165) is 6.07 Å². The molecule has 10 heteroatoms. The first-order chi connectivity index (χ1) is 16.7. The van der Waals surface area contributed by atoms with Crippen LogP contribution in [0.1, 0.15) is 15.9 Å². The third-order valence-electron chi connectivity index (χ3n) is 5.46. The summed E-state index contributed by atoms with van der Waals surface area (Å²) >= 11 is 0. The van der Waals surface area contributed by atoms with Crippen molar-refractivity contribution < 1.29 is 22.4 Å². The molecule has 0 aliphatic rings. The van der Waals surface area contributed by atoms with Gasteiger partial charge in [-0.05, 0) is 30.3 Å². The van der Waals surface area contributed by atoms with Gasteiger partial charge in [0.15, 0.2) is 0 Å². The van der Waals surface area contributed by atoms with Crippen LogP contribution >= 0.6 is 0 Å². The SMILES string of the molecule is Cn1ccc(-c2cc(C(=O)Nc3c(-c4ccccc4)nc4ccccn34)c(F)cc2C(F)(F)F)n1. The minimum Gasteiger partial charge on any atom is -0.306 e. The quantitative estimate of drug-likeness (QED) is 0.331. The van der Waals surface area contributed by atoms with Crippen molar-refractivity contribution in [1.82, 2.24) is 19.2 Å². The van der Waals surface area contributed by atoms with Gasteiger partial charge in [0.2, 0.25) is 0 Å². The molecule has 0 saturated heterocycles. The van der Waals surface area contributed by atoms with Crippen LogP contribution in [0, 0.1) is 5.82 Å². The summed E-state index contributed by atoms with van der Waals surface area (Å²) in [5.41, 5.74) is -0.534. The average Bonchev–Trinajstić information content (AvgIpc) is 3.42. The van der Waals surface area contributed by atoms with Gasteiger partial charge in [-0.2, -0.15) is 18.3 Å². The van der Waals surface area contributed by atoms with Crippen molar-refractivity contribution in [1.29, 1.82) is 0 Å². The van der Waals surface area contributed by atoms with Crippen molar-refractivity contribution in [2.75, 3.05) is 5.32 Å². The molecule has 35 heavy (non-hydrogen) atoms. The van der Waals surface area contributed by atoms with Crippen LogP contribution in [-0.4, -0.2) is 25.1 Å². The standard InChI is InChI=1S/C25H17F4N5O/c1-33-12-10-20(32-33)16-13-17(19(26)14-18(16)25(27,28)29)24(35)31-23-22(15-7-3-2-4-8-15)30-21-9-5-6-11-34(21)23/h2-14H,1H3,(H,31,35). The molecule has 0 spiro atoms. The smallest absolute Gasteiger partial charge is 0.306 e. The van der Waals surface area contributed by atoms with Gasteiger partial charge in [-0.1, -0.05) is 36.4 Å². The molecule has 5 aromatic rings. The number of halogens is 4. The number of carbonyl (C=O) groups is 1. The molecule has 1 N–H and O–H groups in total. The predicted octanol–water partition coefficient (Wildman–Crippen LogP) is 5.81. The van der Waals surface area contributed by atoms with Crippen LogP contribution in [0.3, 0.4) is 0 Å². The second-order valence-electron chi connectivity index (χ2n) is 7.81. The van der Waals surface area contributed by atoms with E-state index in [-0.39, 0.29) is 11.5 Å². The lowest BCUT2D eigenvalue weighted by Crippen LogP contribution is -2.18. The Labute approximate surface area is 196 Å². The molecular formula is C25H17F4N5O. The normalized spacial score (nSPS) is 11.7. The van der Waals surface area contributed by atoms with Gasteiger partial charge in [0, 0.05) is 30.6 Å². The van der Waals surface area contributed by atoms with Crippen LogP contribution in [0.5, 0.6) is 0 Å². The summed E-state index contributed by atoms with van der Waals surface area (Å²) in [5, 5.41) is 6.65. The third-order valence-corrected chi connectivity index (χ3v) is 5.46. The first kappa shape index (κ1) is 22.3. The number of nitrogens with one attached hydrogen (secondary N) is 1. The number of benzene rings is 2. The molecule has 0 aliphatic heterocycles. The monoisotopic (exact) mass is 479 g/mol. The van der Waals surface area contributed by atoms with Gasteiger partial charge in [0.05, 0.1) is 16.8 Å². The topological polar surface area (TPSA) is 64.2 Å². The summed E-state index contributed by atoms with van der Waals surface area (Å²) in [5.74, 6) is -1.96. The third kappa shape index (κ3) is 4.14. The maximum absolute atomic E-state index is 14.9. The van der Waals surface area contributed by atoms with E-state index in [1.54, 1.807) is 60.1 Å². The molecule has 1 amide bonds. The summed E-state index contributed by atoms with van der Waals surface area (Å²) in [7, 11) is 1.55. The fourth-order valence-electron chi connectivity index (χ4n) is 3.84. The number of pyridine rings is 1. The first-order valence-corrected chi connectivity index (χ1v) is 10.5. The molecule has 5 rings (SSSR count). The largest absolute Gasteiger partial charge is 0.417 e. The van der Waals surface area contributed by atoms with Gasteiger partial charge < -0.3 is 5.32 Å². The zero-order valence-corrected chi connectivity index (χ0v) is 18.2. The molecule has 0 fully saturated rings. The lowest BCUT2D eigenvalue weighted by atomic mass is 9.99. The summed E-state index contributed by atoms with van der Waals surface area (Å²) in [6.07, 6.45) is -1.71. The van der Waals surface area contributed by atoms with Gasteiger partial charge >= 0.3 is 6.18 Å². The Morgan fingerprint density at radius 3 is 2.40 bits per heavy atom. The van der Waals surface area contributed by atoms with Crippen LogP contribution < -0.4 is 5.32 Å². The highest BCUT2D eigenvalue weighted by molar-refractivity contribution is 6.06. The number of fused-ring (bicyclic) bond motifs is 1. The molecule has 0 bridgehead atoms. The molecule has 0 saturated carbocycles. The van der Waals surface area contributed by atoms with Gasteiger partial charge in [-0.3, -0.25) is 13.9 Å². The van der Waals surface area contributed by atoms with Gasteiger partial charge in [0.25, 0.3) is 5.91 Å². The zero-order chi connectivity index (χ0) is 24.7. The van der Waals surface area contributed by atoms with E-state index in [2.05, 4.69) is 15.4 Å². The maximum Gasteiger partial charge on any atom is 0.417 e. The lowest BCUT2D eigenvalue weighted by molar-refractivity contribution is -0.137. The number of nitrogens with zero attached hydrogens (tertiary/aromatic N) is 4. The Balaban J connectivity index is 1.62. The number of carbonyl (C=O) groups excluding carboxylic acids is 1. The number of alkyl halides is 3. The molecule has 3 aromatic heterocycles. The van der Waals surface area contributed by atoms with E-state index in [9.17, 15) is 22.4 Å². The number of anilines is 1. The number of rotatable bonds is 4. The average molecular weight is 479 g/mol. The maximum atomic E-state index is 14.9. The molecular weight excluding hydrogens is 462 g/mol. The molecule has 6 nitrogen and oxygen atoms in total. The van der Waals surface area contributed by atoms with Crippen molar-refractivity contribution in [2.45, 2.75) is 6.18 Å². The van der Waals surface area contributed by atoms with Gasteiger partial charge in [-0.15, -0.1) is 0 Å². The first-order valence-electron chi connectivity index (χ1n) is 10.5. The molecule has 0 unspecified atom stereocenters. The van der Waals surface area contributed by atoms with Crippen molar-refractivity contribution >= 4 is 17.4 Å². The number of aryl methyl sites for hydroxylation is 1. The highest BCUT2D eigenvalue weighted by Crippen LogP contribution is 2.38. The van der Waals surface area contributed by atoms with Crippen LogP contribution in [0.15, 0.2) is 79.1 Å². The Hall–Kier alpha value is -4.47. The highest BCUT2D eigenvalue weighted by Gasteiger charge is 2.36. The predicted molar refractivity (Wildman–Crippen MR) is 122 cm³/mol. The van der Waals surface area contributed by atoms with Crippen molar-refractivity contribution in [3.63, 3.8) is 0 Å². The second-order valence-corrected chi connectivity index (χ2v) is 7.81. The number of hydrogen-bond donors (Lipinski definition) is 1. The molecule has 176 valence electrons. The molecule has 0 aliphatic carbocycles. The Bertz CT molecular complexity index is 1550. The Morgan fingerprint density at radius 1 is 0.971 bits per heavy atom. The minimum atomic E-state index is -4.84. The van der Waals surface area contributed by atoms with Gasteiger partial charge in [0.1, 0.15) is 23.0 Å². The fourth-order valence-corrected chi connectivity index (χ4v) is 3.84. The number of imidazole rings is 1. The second kappa shape index (κ2) is 8.39. The van der Waals surface area contributed by atoms with E-state index in [4.69, 9.17) is 0 Å². The van der Waals surface area contributed by atoms with Crippen molar-refractivity contribution in [3.8, 4) is 22.5 Å². The molecule has 3 heterocycles. The van der Waals surface area contributed by atoms with E-state index in [0.29, 0.717) is 23.0 Å². The van der Waals surface area contributed by atoms with E-state index in [1.165, 1.54) is 16.9 Å². The molecule has 0 radical (unpaired) electrons. The van der Waals surface area contributed by atoms with Crippen LogP contribution in [-0.2, 0) is 13.2 Å². The number of aromatic nitrogens is 4. The zero-order valence-electron chi connectivity index (χ0n) is 18.2. The van der Waals surface area contributed by atoms with Gasteiger partial charge in [-0.25, -0.2) is 9.37 Å². The van der Waals surface area contributed by atoms with E-state index in [1.807, 2.05) is 6.07 Å². The van der Waals surface area contributed by atoms with Crippen LogP contribution in [0.4, 0.5) is 23.4 Å². The fraction of sp³-hybridized carbons (Fsp3) is 0.0800. The van der Waals surface area contributed by atoms with E-state index < -0.39 is 34.6 Å². The lowest BCUT2D eigenvalue weighted by Gasteiger charge is -2.15. The van der Waals surface area contributed by atoms with Crippen molar-refractivity contribution in [2.24, 2.45) is 7.05 Å². The number of hydrogen-bond acceptors (Lipinski definition) is 3. The molecule has 2 aromatic carbocycles. The Kier molecular flexibility index (Phi) is 5.35. The van der Waals surface area contributed by atoms with Crippen LogP contribution in [0.25, 0.3) is 28.2 Å². The summed E-state index contributed by atoms with van der Waals surface area (Å²) < 4.78 is 58.8. The number of amides is 1. The van der Waals surface area contributed by atoms with Crippen LogP contribution in [0.2, 0.25) is 0 Å². The summed E-state index contributed by atoms with van der Waals surface area (Å²) in [6.45, 7) is 0. The highest BCUT2D eigenvalue weighted by atomic mass is 19.4.